The fourth-order valence-electron chi connectivity index (χ4n) is 3.62. The Balaban J connectivity index is 1.51. The molecule has 1 aromatic heterocycles. The van der Waals surface area contributed by atoms with E-state index in [2.05, 4.69) is 15.3 Å². The largest absolute Gasteiger partial charge is 0.340 e. The van der Waals surface area contributed by atoms with Gasteiger partial charge in [0, 0.05) is 56.6 Å². The van der Waals surface area contributed by atoms with Crippen molar-refractivity contribution in [1.82, 2.24) is 19.7 Å². The molecule has 138 valence electrons. The predicted octanol–water partition coefficient (Wildman–Crippen LogP) is 1.74. The molecule has 0 spiro atoms. The van der Waals surface area contributed by atoms with E-state index in [1.54, 1.807) is 11.3 Å². The molecule has 1 atom stereocenters. The van der Waals surface area contributed by atoms with Gasteiger partial charge in [0.15, 0.2) is 0 Å². The zero-order valence-electron chi connectivity index (χ0n) is 15.6. The van der Waals surface area contributed by atoms with E-state index in [1.165, 1.54) is 0 Å². The zero-order valence-corrected chi connectivity index (χ0v) is 16.4. The standard InChI is InChI=1S/C18H28N4O2S/c1-13-19-15(12-25-13)11-20-5-7-21(8-6-20)17(24)14-9-16(23)22(10-14)18(2,3)4/h12,14H,5-11H2,1-4H3/t14-/m0/s1. The average molecular weight is 365 g/mol. The molecule has 1 aromatic rings. The minimum atomic E-state index is -0.212. The molecule has 2 aliphatic heterocycles. The van der Waals surface area contributed by atoms with Gasteiger partial charge in [-0.1, -0.05) is 0 Å². The SMILES string of the molecule is Cc1nc(CN2CCN(C(=O)[C@H]3CC(=O)N(C(C)(C)C)C3)CC2)cs1. The van der Waals surface area contributed by atoms with Gasteiger partial charge in [0.2, 0.25) is 11.8 Å². The van der Waals surface area contributed by atoms with Crippen LogP contribution in [0.2, 0.25) is 0 Å². The molecule has 2 aliphatic rings. The molecule has 0 N–H and O–H groups in total. The number of nitrogens with zero attached hydrogens (tertiary/aromatic N) is 4. The van der Waals surface area contributed by atoms with Gasteiger partial charge in [-0.05, 0) is 27.7 Å². The van der Waals surface area contributed by atoms with Crippen LogP contribution in [0.4, 0.5) is 0 Å². The van der Waals surface area contributed by atoms with Crippen LogP contribution >= 0.6 is 11.3 Å². The second kappa shape index (κ2) is 7.03. The van der Waals surface area contributed by atoms with Gasteiger partial charge in [-0.2, -0.15) is 0 Å². The number of hydrogen-bond acceptors (Lipinski definition) is 5. The molecule has 3 heterocycles. The van der Waals surface area contributed by atoms with Crippen molar-refractivity contribution in [3.05, 3.63) is 16.1 Å². The van der Waals surface area contributed by atoms with Crippen LogP contribution < -0.4 is 0 Å². The fraction of sp³-hybridized carbons (Fsp3) is 0.722. The topological polar surface area (TPSA) is 56.8 Å². The zero-order chi connectivity index (χ0) is 18.2. The molecular weight excluding hydrogens is 336 g/mol. The van der Waals surface area contributed by atoms with Gasteiger partial charge >= 0.3 is 0 Å². The van der Waals surface area contributed by atoms with Gasteiger partial charge in [0.1, 0.15) is 0 Å². The molecular formula is C18H28N4O2S. The second-order valence-corrected chi connectivity index (χ2v) is 9.10. The fourth-order valence-corrected chi connectivity index (χ4v) is 4.22. The lowest BCUT2D eigenvalue weighted by Gasteiger charge is -2.36. The Bertz CT molecular complexity index is 644. The van der Waals surface area contributed by atoms with Crippen molar-refractivity contribution in [3.8, 4) is 0 Å². The first-order valence-electron chi connectivity index (χ1n) is 8.96. The number of aryl methyl sites for hydroxylation is 1. The summed E-state index contributed by atoms with van der Waals surface area (Å²) >= 11 is 1.68. The molecule has 0 saturated carbocycles. The highest BCUT2D eigenvalue weighted by atomic mass is 32.1. The number of thiazole rings is 1. The molecule has 3 rings (SSSR count). The normalized spacial score (nSPS) is 22.7. The minimum Gasteiger partial charge on any atom is -0.340 e. The summed E-state index contributed by atoms with van der Waals surface area (Å²) in [5.74, 6) is 0.0621. The third-order valence-electron chi connectivity index (χ3n) is 5.02. The molecule has 0 unspecified atom stereocenters. The number of amides is 2. The van der Waals surface area contributed by atoms with Crippen LogP contribution in [-0.2, 0) is 16.1 Å². The summed E-state index contributed by atoms with van der Waals surface area (Å²) in [7, 11) is 0. The molecule has 0 radical (unpaired) electrons. The van der Waals surface area contributed by atoms with Gasteiger partial charge in [-0.15, -0.1) is 11.3 Å². The van der Waals surface area contributed by atoms with E-state index in [-0.39, 0.29) is 23.3 Å². The number of aromatic nitrogens is 1. The second-order valence-electron chi connectivity index (χ2n) is 8.04. The Morgan fingerprint density at radius 2 is 1.96 bits per heavy atom. The van der Waals surface area contributed by atoms with Crippen LogP contribution in [0.15, 0.2) is 5.38 Å². The first kappa shape index (κ1) is 18.3. The Hall–Kier alpha value is -1.47. The maximum Gasteiger partial charge on any atom is 0.228 e. The summed E-state index contributed by atoms with van der Waals surface area (Å²) in [6, 6.07) is 0. The first-order valence-corrected chi connectivity index (χ1v) is 9.84. The lowest BCUT2D eigenvalue weighted by atomic mass is 10.1. The predicted molar refractivity (Wildman–Crippen MR) is 98.3 cm³/mol. The molecule has 2 fully saturated rings. The quantitative estimate of drug-likeness (QED) is 0.820. The molecule has 7 heteroatoms. The van der Waals surface area contributed by atoms with Crippen molar-refractivity contribution in [1.29, 1.82) is 0 Å². The van der Waals surface area contributed by atoms with Crippen LogP contribution in [0.5, 0.6) is 0 Å². The van der Waals surface area contributed by atoms with Crippen molar-refractivity contribution >= 4 is 23.2 Å². The number of piperazine rings is 1. The van der Waals surface area contributed by atoms with Crippen LogP contribution in [0.25, 0.3) is 0 Å². The smallest absolute Gasteiger partial charge is 0.228 e. The van der Waals surface area contributed by atoms with Crippen molar-refractivity contribution < 1.29 is 9.59 Å². The first-order chi connectivity index (χ1) is 11.7. The average Bonchev–Trinajstić information content (AvgIpc) is 3.13. The van der Waals surface area contributed by atoms with Crippen molar-refractivity contribution in [2.75, 3.05) is 32.7 Å². The molecule has 0 bridgehead atoms. The van der Waals surface area contributed by atoms with E-state index in [1.807, 2.05) is 37.5 Å². The Morgan fingerprint density at radius 1 is 1.28 bits per heavy atom. The van der Waals surface area contributed by atoms with Gasteiger partial charge < -0.3 is 9.80 Å². The minimum absolute atomic E-state index is 0.100. The van der Waals surface area contributed by atoms with Crippen LogP contribution in [0, 0.1) is 12.8 Å². The van der Waals surface area contributed by atoms with Gasteiger partial charge in [-0.3, -0.25) is 14.5 Å². The monoisotopic (exact) mass is 364 g/mol. The van der Waals surface area contributed by atoms with Crippen molar-refractivity contribution in [2.45, 2.75) is 46.2 Å². The maximum absolute atomic E-state index is 12.8. The molecule has 6 nitrogen and oxygen atoms in total. The summed E-state index contributed by atoms with van der Waals surface area (Å²) in [6.45, 7) is 12.7. The van der Waals surface area contributed by atoms with E-state index in [9.17, 15) is 9.59 Å². The molecule has 2 saturated heterocycles. The van der Waals surface area contributed by atoms with Crippen molar-refractivity contribution in [3.63, 3.8) is 0 Å². The van der Waals surface area contributed by atoms with E-state index >= 15 is 0 Å². The number of hydrogen-bond donors (Lipinski definition) is 0. The molecule has 0 aromatic carbocycles. The Kier molecular flexibility index (Phi) is 5.16. The summed E-state index contributed by atoms with van der Waals surface area (Å²) in [5, 5.41) is 3.20. The van der Waals surface area contributed by atoms with Gasteiger partial charge in [0.05, 0.1) is 16.6 Å². The molecule has 0 aliphatic carbocycles. The summed E-state index contributed by atoms with van der Waals surface area (Å²) in [6.07, 6.45) is 0.356. The van der Waals surface area contributed by atoms with Gasteiger partial charge in [0.25, 0.3) is 0 Å². The molecule has 25 heavy (non-hydrogen) atoms. The maximum atomic E-state index is 12.8. The highest BCUT2D eigenvalue weighted by Gasteiger charge is 2.41. The van der Waals surface area contributed by atoms with E-state index in [0.29, 0.717) is 13.0 Å². The summed E-state index contributed by atoms with van der Waals surface area (Å²) in [5.41, 5.74) is 0.903. The Morgan fingerprint density at radius 3 is 2.48 bits per heavy atom. The number of carbonyl (C=O) groups is 2. The Labute approximate surface area is 153 Å². The summed E-state index contributed by atoms with van der Waals surface area (Å²) in [4.78, 5) is 35.7. The molecule has 2 amide bonds. The third-order valence-corrected chi connectivity index (χ3v) is 5.84. The van der Waals surface area contributed by atoms with Crippen molar-refractivity contribution in [2.24, 2.45) is 5.92 Å². The highest BCUT2D eigenvalue weighted by molar-refractivity contribution is 7.09. The van der Waals surface area contributed by atoms with Crippen LogP contribution in [0.3, 0.4) is 0 Å². The number of carbonyl (C=O) groups excluding carboxylic acids is 2. The van der Waals surface area contributed by atoms with Gasteiger partial charge in [-0.25, -0.2) is 4.98 Å². The number of likely N-dealkylation sites (tertiary alicyclic amines) is 1. The lowest BCUT2D eigenvalue weighted by molar-refractivity contribution is -0.137. The van der Waals surface area contributed by atoms with Crippen LogP contribution in [-0.4, -0.2) is 69.8 Å². The number of rotatable bonds is 3. The van der Waals surface area contributed by atoms with E-state index in [4.69, 9.17) is 0 Å². The van der Waals surface area contributed by atoms with E-state index in [0.717, 1.165) is 43.4 Å². The van der Waals surface area contributed by atoms with E-state index < -0.39 is 0 Å². The third kappa shape index (κ3) is 4.20. The van der Waals surface area contributed by atoms with Crippen LogP contribution in [0.1, 0.15) is 37.9 Å². The highest BCUT2D eigenvalue weighted by Crippen LogP contribution is 2.27. The summed E-state index contributed by atoms with van der Waals surface area (Å²) < 4.78 is 0. The lowest BCUT2D eigenvalue weighted by Crippen LogP contribution is -2.50.